The van der Waals surface area contributed by atoms with Crippen molar-refractivity contribution in [2.75, 3.05) is 20.6 Å². The maximum atomic E-state index is 12.4. The van der Waals surface area contributed by atoms with E-state index in [1.54, 1.807) is 16.2 Å². The summed E-state index contributed by atoms with van der Waals surface area (Å²) in [5, 5.41) is 15.8. The van der Waals surface area contributed by atoms with Gasteiger partial charge in [0.15, 0.2) is 0 Å². The van der Waals surface area contributed by atoms with E-state index in [0.717, 1.165) is 19.6 Å². The summed E-state index contributed by atoms with van der Waals surface area (Å²) in [4.78, 5) is 25.3. The predicted octanol–water partition coefficient (Wildman–Crippen LogP) is 2.30. The monoisotopic (exact) mass is 418 g/mol. The van der Waals surface area contributed by atoms with Crippen molar-refractivity contribution in [1.29, 1.82) is 0 Å². The summed E-state index contributed by atoms with van der Waals surface area (Å²) in [6.45, 7) is 3.16. The van der Waals surface area contributed by atoms with Gasteiger partial charge in [-0.2, -0.15) is 29.6 Å². The summed E-state index contributed by atoms with van der Waals surface area (Å²) >= 11 is 1.71. The van der Waals surface area contributed by atoms with Crippen molar-refractivity contribution >= 4 is 23.2 Å². The van der Waals surface area contributed by atoms with Crippen molar-refractivity contribution < 1.29 is 27.9 Å². The molecular weight excluding hydrogens is 397 g/mol. The Morgan fingerprint density at radius 1 is 1.32 bits per heavy atom. The number of thiophene rings is 1. The number of hydrogen-bond acceptors (Lipinski definition) is 5. The number of hydrogen-bond donors (Lipinski definition) is 1. The Hall–Kier alpha value is -2.40. The number of carbonyl (C=O) groups is 2. The Morgan fingerprint density at radius 2 is 2.00 bits per heavy atom. The van der Waals surface area contributed by atoms with Gasteiger partial charge in [-0.1, -0.05) is 0 Å². The number of alkyl halides is 3. The second-order valence-corrected chi connectivity index (χ2v) is 7.32. The SMILES string of the molecule is CN(C)C(=O)C1CN(Cc2ccsc2)Cc2ccnn2C1.O=C(O)C(F)(F)F. The van der Waals surface area contributed by atoms with E-state index in [1.165, 1.54) is 11.3 Å². The Morgan fingerprint density at radius 3 is 2.54 bits per heavy atom. The average Bonchev–Trinajstić information content (AvgIpc) is 3.22. The molecule has 154 valence electrons. The molecule has 0 aliphatic carbocycles. The van der Waals surface area contributed by atoms with Crippen LogP contribution >= 0.6 is 11.3 Å². The number of carboxylic acids is 1. The smallest absolute Gasteiger partial charge is 0.475 e. The van der Waals surface area contributed by atoms with Crippen molar-refractivity contribution in [3.63, 3.8) is 0 Å². The van der Waals surface area contributed by atoms with Crippen LogP contribution < -0.4 is 0 Å². The van der Waals surface area contributed by atoms with Crippen LogP contribution in [-0.4, -0.2) is 63.4 Å². The molecule has 0 aromatic carbocycles. The van der Waals surface area contributed by atoms with E-state index < -0.39 is 12.1 Å². The zero-order chi connectivity index (χ0) is 20.9. The van der Waals surface area contributed by atoms with Crippen LogP contribution in [0.4, 0.5) is 13.2 Å². The molecule has 7 nitrogen and oxygen atoms in total. The highest BCUT2D eigenvalue weighted by Gasteiger charge is 2.38. The van der Waals surface area contributed by atoms with Gasteiger partial charge in [0, 0.05) is 39.9 Å². The molecule has 0 fully saturated rings. The fraction of sp³-hybridized carbons (Fsp3) is 0.471. The van der Waals surface area contributed by atoms with Crippen molar-refractivity contribution in [1.82, 2.24) is 19.6 Å². The molecule has 2 aromatic rings. The lowest BCUT2D eigenvalue weighted by atomic mass is 10.1. The van der Waals surface area contributed by atoms with Crippen molar-refractivity contribution in [2.45, 2.75) is 25.8 Å². The second-order valence-electron chi connectivity index (χ2n) is 6.54. The van der Waals surface area contributed by atoms with E-state index in [0.29, 0.717) is 6.54 Å². The number of carbonyl (C=O) groups excluding carboxylic acids is 1. The van der Waals surface area contributed by atoms with Crippen molar-refractivity contribution in [3.05, 3.63) is 40.3 Å². The van der Waals surface area contributed by atoms with Crippen LogP contribution in [0, 0.1) is 5.92 Å². The van der Waals surface area contributed by atoms with Gasteiger partial charge in [0.05, 0.1) is 18.2 Å². The van der Waals surface area contributed by atoms with Gasteiger partial charge < -0.3 is 10.0 Å². The lowest BCUT2D eigenvalue weighted by Crippen LogP contribution is -2.38. The standard InChI is InChI=1S/C15H20N4OS.C2HF3O2/c1-17(2)15(20)13-8-18(7-12-4-6-21-11-12)10-14-3-5-16-19(14)9-13;3-2(4,5)1(6)7/h3-6,11,13H,7-10H2,1-2H3;(H,6,7). The van der Waals surface area contributed by atoms with E-state index in [-0.39, 0.29) is 11.8 Å². The minimum atomic E-state index is -5.08. The third-order valence-electron chi connectivity index (χ3n) is 4.08. The van der Waals surface area contributed by atoms with Gasteiger partial charge in [-0.25, -0.2) is 4.79 Å². The highest BCUT2D eigenvalue weighted by atomic mass is 32.1. The largest absolute Gasteiger partial charge is 0.490 e. The molecule has 3 heterocycles. The minimum absolute atomic E-state index is 0.0419. The number of fused-ring (bicyclic) bond motifs is 1. The normalized spacial score (nSPS) is 17.1. The van der Waals surface area contributed by atoms with Gasteiger partial charge in [0.2, 0.25) is 5.91 Å². The van der Waals surface area contributed by atoms with E-state index in [4.69, 9.17) is 9.90 Å². The van der Waals surface area contributed by atoms with Crippen LogP contribution in [-0.2, 0) is 29.2 Å². The Kier molecular flexibility index (Phi) is 7.19. The van der Waals surface area contributed by atoms with Crippen LogP contribution in [0.3, 0.4) is 0 Å². The van der Waals surface area contributed by atoms with E-state index in [9.17, 15) is 18.0 Å². The third-order valence-corrected chi connectivity index (χ3v) is 4.81. The summed E-state index contributed by atoms with van der Waals surface area (Å²) < 4.78 is 33.7. The molecule has 0 saturated heterocycles. The minimum Gasteiger partial charge on any atom is -0.475 e. The fourth-order valence-corrected chi connectivity index (χ4v) is 3.47. The van der Waals surface area contributed by atoms with Crippen molar-refractivity contribution in [3.8, 4) is 0 Å². The van der Waals surface area contributed by atoms with Gasteiger partial charge in [0.1, 0.15) is 0 Å². The Balaban J connectivity index is 0.000000345. The van der Waals surface area contributed by atoms with Gasteiger partial charge in [-0.3, -0.25) is 14.4 Å². The van der Waals surface area contributed by atoms with Gasteiger partial charge in [-0.15, -0.1) is 0 Å². The number of amides is 1. The molecular formula is C17H21F3N4O3S. The first-order chi connectivity index (χ1) is 13.1. The molecule has 1 aliphatic heterocycles. The van der Waals surface area contributed by atoms with Crippen LogP contribution in [0.1, 0.15) is 11.3 Å². The number of nitrogens with zero attached hydrogens (tertiary/aromatic N) is 4. The summed E-state index contributed by atoms with van der Waals surface area (Å²) in [5.74, 6) is -2.62. The summed E-state index contributed by atoms with van der Waals surface area (Å²) in [6.07, 6.45) is -3.26. The summed E-state index contributed by atoms with van der Waals surface area (Å²) in [6, 6.07) is 4.19. The molecule has 0 saturated carbocycles. The number of carboxylic acid groups (broad SMARTS) is 1. The highest BCUT2D eigenvalue weighted by molar-refractivity contribution is 7.07. The topological polar surface area (TPSA) is 78.7 Å². The molecule has 1 aliphatic rings. The van der Waals surface area contributed by atoms with E-state index in [2.05, 4.69) is 26.8 Å². The predicted molar refractivity (Wildman–Crippen MR) is 96.5 cm³/mol. The van der Waals surface area contributed by atoms with Crippen LogP contribution in [0.25, 0.3) is 0 Å². The molecule has 0 spiro atoms. The molecule has 1 atom stereocenters. The summed E-state index contributed by atoms with van der Waals surface area (Å²) in [7, 11) is 3.64. The van der Waals surface area contributed by atoms with Crippen LogP contribution in [0.2, 0.25) is 0 Å². The van der Waals surface area contributed by atoms with Crippen LogP contribution in [0.15, 0.2) is 29.1 Å². The van der Waals surface area contributed by atoms with E-state index >= 15 is 0 Å². The third kappa shape index (κ3) is 6.06. The molecule has 1 amide bonds. The first kappa shape index (κ1) is 21.9. The fourth-order valence-electron chi connectivity index (χ4n) is 2.81. The first-order valence-electron chi connectivity index (χ1n) is 8.33. The molecule has 3 rings (SSSR count). The molecule has 1 N–H and O–H groups in total. The van der Waals surface area contributed by atoms with E-state index in [1.807, 2.05) is 31.0 Å². The number of rotatable bonds is 3. The average molecular weight is 418 g/mol. The Labute approximate surface area is 164 Å². The highest BCUT2D eigenvalue weighted by Crippen LogP contribution is 2.20. The quantitative estimate of drug-likeness (QED) is 0.828. The zero-order valence-corrected chi connectivity index (χ0v) is 16.2. The van der Waals surface area contributed by atoms with Gasteiger partial charge in [-0.05, 0) is 28.5 Å². The maximum absolute atomic E-state index is 12.4. The molecule has 11 heteroatoms. The number of aromatic nitrogens is 2. The molecule has 0 radical (unpaired) electrons. The molecule has 0 bridgehead atoms. The van der Waals surface area contributed by atoms with Gasteiger partial charge in [0.25, 0.3) is 0 Å². The second kappa shape index (κ2) is 9.20. The zero-order valence-electron chi connectivity index (χ0n) is 15.4. The molecule has 2 aromatic heterocycles. The lowest BCUT2D eigenvalue weighted by molar-refractivity contribution is -0.192. The lowest BCUT2D eigenvalue weighted by Gasteiger charge is -2.24. The molecule has 28 heavy (non-hydrogen) atoms. The van der Waals surface area contributed by atoms with Gasteiger partial charge >= 0.3 is 12.1 Å². The van der Waals surface area contributed by atoms with Crippen LogP contribution in [0.5, 0.6) is 0 Å². The first-order valence-corrected chi connectivity index (χ1v) is 9.27. The molecule has 1 unspecified atom stereocenters. The number of halogens is 3. The maximum Gasteiger partial charge on any atom is 0.490 e. The Bertz CT molecular complexity index is 790. The summed E-state index contributed by atoms with van der Waals surface area (Å²) in [5.41, 5.74) is 2.49. The number of aliphatic carboxylic acids is 1. The van der Waals surface area contributed by atoms with Crippen molar-refractivity contribution in [2.24, 2.45) is 5.92 Å².